The third-order valence-corrected chi connectivity index (χ3v) is 3.52. The van der Waals surface area contributed by atoms with Crippen molar-refractivity contribution in [3.8, 4) is 5.75 Å². The smallest absolute Gasteiger partial charge is 0.124 e. The molecule has 0 aliphatic heterocycles. The summed E-state index contributed by atoms with van der Waals surface area (Å²) in [6, 6.07) is 13.8. The van der Waals surface area contributed by atoms with Crippen LogP contribution in [0.2, 0.25) is 10.0 Å². The van der Waals surface area contributed by atoms with Gasteiger partial charge >= 0.3 is 0 Å². The highest BCUT2D eigenvalue weighted by atomic mass is 35.5. The van der Waals surface area contributed by atoms with Crippen molar-refractivity contribution in [2.75, 3.05) is 0 Å². The minimum Gasteiger partial charge on any atom is -0.489 e. The molecule has 0 unspecified atom stereocenters. The highest BCUT2D eigenvalue weighted by Crippen LogP contribution is 2.24. The normalized spacial score (nSPS) is 10.4. The summed E-state index contributed by atoms with van der Waals surface area (Å²) in [5.74, 6) is 0.850. The van der Waals surface area contributed by atoms with Crippen LogP contribution >= 0.6 is 35.6 Å². The van der Waals surface area contributed by atoms with E-state index in [2.05, 4.69) is 19.2 Å². The molecule has 2 aromatic carbocycles. The van der Waals surface area contributed by atoms with E-state index in [0.717, 1.165) is 33.5 Å². The molecule has 0 radical (unpaired) electrons. The number of halogens is 3. The first-order chi connectivity index (χ1) is 10.0. The predicted molar refractivity (Wildman–Crippen MR) is 96.5 cm³/mol. The van der Waals surface area contributed by atoms with Crippen molar-refractivity contribution < 1.29 is 4.74 Å². The lowest BCUT2D eigenvalue weighted by molar-refractivity contribution is 0.302. The van der Waals surface area contributed by atoms with E-state index in [0.29, 0.717) is 12.6 Å². The van der Waals surface area contributed by atoms with Gasteiger partial charge in [0.05, 0.1) is 0 Å². The average Bonchev–Trinajstić information content (AvgIpc) is 2.45. The monoisotopic (exact) mass is 359 g/mol. The minimum atomic E-state index is 0. The van der Waals surface area contributed by atoms with Gasteiger partial charge in [0.2, 0.25) is 0 Å². The van der Waals surface area contributed by atoms with Crippen LogP contribution in [0.1, 0.15) is 25.0 Å². The van der Waals surface area contributed by atoms with Gasteiger partial charge in [-0.25, -0.2) is 0 Å². The van der Waals surface area contributed by atoms with Gasteiger partial charge in [-0.2, -0.15) is 0 Å². The Balaban J connectivity index is 0.00000242. The van der Waals surface area contributed by atoms with Gasteiger partial charge in [0.25, 0.3) is 0 Å². The minimum absolute atomic E-state index is 0. The molecule has 0 saturated heterocycles. The molecule has 0 saturated carbocycles. The van der Waals surface area contributed by atoms with Gasteiger partial charge in [-0.1, -0.05) is 49.2 Å². The summed E-state index contributed by atoms with van der Waals surface area (Å²) in [6.07, 6.45) is 0. The van der Waals surface area contributed by atoms with Crippen LogP contribution in [0.3, 0.4) is 0 Å². The highest BCUT2D eigenvalue weighted by molar-refractivity contribution is 6.30. The molecule has 2 aromatic rings. The summed E-state index contributed by atoms with van der Waals surface area (Å²) in [7, 11) is 0. The van der Waals surface area contributed by atoms with Crippen LogP contribution in [0, 0.1) is 0 Å². The molecule has 120 valence electrons. The second-order valence-corrected chi connectivity index (χ2v) is 6.08. The molecule has 2 nitrogen and oxygen atoms in total. The van der Waals surface area contributed by atoms with E-state index < -0.39 is 0 Å². The van der Waals surface area contributed by atoms with E-state index in [4.69, 9.17) is 27.9 Å². The van der Waals surface area contributed by atoms with Gasteiger partial charge in [-0.05, 0) is 35.9 Å². The van der Waals surface area contributed by atoms with E-state index >= 15 is 0 Å². The molecule has 5 heteroatoms. The lowest BCUT2D eigenvalue weighted by Crippen LogP contribution is -2.22. The maximum absolute atomic E-state index is 6.07. The molecule has 0 bridgehead atoms. The van der Waals surface area contributed by atoms with Crippen LogP contribution in [0.25, 0.3) is 0 Å². The molecule has 1 N–H and O–H groups in total. The van der Waals surface area contributed by atoms with Crippen molar-refractivity contribution in [1.82, 2.24) is 5.32 Å². The van der Waals surface area contributed by atoms with Crippen LogP contribution in [-0.4, -0.2) is 6.04 Å². The second-order valence-electron chi connectivity index (χ2n) is 5.20. The molecule has 0 aliphatic rings. The fourth-order valence-corrected chi connectivity index (χ4v) is 2.20. The first-order valence-electron chi connectivity index (χ1n) is 6.93. The lowest BCUT2D eigenvalue weighted by atomic mass is 10.2. The highest BCUT2D eigenvalue weighted by Gasteiger charge is 2.06. The van der Waals surface area contributed by atoms with E-state index in [1.165, 1.54) is 0 Å². The van der Waals surface area contributed by atoms with Crippen LogP contribution in [0.4, 0.5) is 0 Å². The zero-order valence-electron chi connectivity index (χ0n) is 12.6. The Kier molecular flexibility index (Phi) is 8.05. The number of benzene rings is 2. The molecule has 0 amide bonds. The molecule has 0 atom stereocenters. The molecule has 22 heavy (non-hydrogen) atoms. The van der Waals surface area contributed by atoms with Crippen molar-refractivity contribution in [2.45, 2.75) is 33.0 Å². The average molecular weight is 361 g/mol. The van der Waals surface area contributed by atoms with Gasteiger partial charge in [0.15, 0.2) is 0 Å². The summed E-state index contributed by atoms with van der Waals surface area (Å²) in [4.78, 5) is 0. The molecule has 0 fully saturated rings. The molecule has 2 rings (SSSR count). The number of hydrogen-bond donors (Lipinski definition) is 1. The van der Waals surface area contributed by atoms with Crippen LogP contribution < -0.4 is 10.1 Å². The van der Waals surface area contributed by atoms with Crippen molar-refractivity contribution in [1.29, 1.82) is 0 Å². The Morgan fingerprint density at radius 2 is 1.64 bits per heavy atom. The maximum atomic E-state index is 6.07. The number of nitrogens with one attached hydrogen (secondary N) is 1. The lowest BCUT2D eigenvalue weighted by Gasteiger charge is -2.14. The molecule has 0 spiro atoms. The molecular weight excluding hydrogens is 341 g/mol. The summed E-state index contributed by atoms with van der Waals surface area (Å²) >= 11 is 11.9. The second kappa shape index (κ2) is 9.26. The van der Waals surface area contributed by atoms with Gasteiger partial charge < -0.3 is 10.1 Å². The number of rotatable bonds is 6. The Labute approximate surface area is 148 Å². The van der Waals surface area contributed by atoms with Gasteiger partial charge in [-0.3, -0.25) is 0 Å². The Bertz CT molecular complexity index is 585. The summed E-state index contributed by atoms with van der Waals surface area (Å²) < 4.78 is 5.91. The zero-order valence-corrected chi connectivity index (χ0v) is 14.9. The largest absolute Gasteiger partial charge is 0.489 e. The van der Waals surface area contributed by atoms with Gasteiger partial charge in [0, 0.05) is 28.2 Å². The SMILES string of the molecule is CC(C)NCc1cc(Cl)ccc1OCc1ccc(Cl)cc1.Cl. The van der Waals surface area contributed by atoms with Crippen molar-refractivity contribution in [2.24, 2.45) is 0 Å². The van der Waals surface area contributed by atoms with Crippen molar-refractivity contribution in [3.63, 3.8) is 0 Å². The first kappa shape index (κ1) is 19.1. The van der Waals surface area contributed by atoms with E-state index in [-0.39, 0.29) is 12.4 Å². The van der Waals surface area contributed by atoms with Crippen LogP contribution in [0.5, 0.6) is 5.75 Å². The van der Waals surface area contributed by atoms with E-state index in [1.54, 1.807) is 0 Å². The zero-order chi connectivity index (χ0) is 15.2. The standard InChI is InChI=1S/C17H19Cl2NO.ClH/c1-12(2)20-10-14-9-16(19)7-8-17(14)21-11-13-3-5-15(18)6-4-13;/h3-9,12,20H,10-11H2,1-2H3;1H. The fraction of sp³-hybridized carbons (Fsp3) is 0.294. The third-order valence-electron chi connectivity index (χ3n) is 3.03. The summed E-state index contributed by atoms with van der Waals surface area (Å²) in [5.41, 5.74) is 2.14. The summed E-state index contributed by atoms with van der Waals surface area (Å²) in [5, 5.41) is 4.82. The Morgan fingerprint density at radius 3 is 2.27 bits per heavy atom. The molecule has 0 aromatic heterocycles. The quantitative estimate of drug-likeness (QED) is 0.735. The fourth-order valence-electron chi connectivity index (χ4n) is 1.88. The maximum Gasteiger partial charge on any atom is 0.124 e. The van der Waals surface area contributed by atoms with E-state index in [9.17, 15) is 0 Å². The number of hydrogen-bond acceptors (Lipinski definition) is 2. The van der Waals surface area contributed by atoms with Crippen LogP contribution in [-0.2, 0) is 13.2 Å². The molecular formula is C17H20Cl3NO. The topological polar surface area (TPSA) is 21.3 Å². The number of ether oxygens (including phenoxy) is 1. The first-order valence-corrected chi connectivity index (χ1v) is 7.69. The third kappa shape index (κ3) is 6.05. The Hall–Kier alpha value is -0.930. The summed E-state index contributed by atoms with van der Waals surface area (Å²) in [6.45, 7) is 5.46. The van der Waals surface area contributed by atoms with Crippen LogP contribution in [0.15, 0.2) is 42.5 Å². The molecule has 0 aliphatic carbocycles. The van der Waals surface area contributed by atoms with Gasteiger partial charge in [0.1, 0.15) is 12.4 Å². The van der Waals surface area contributed by atoms with E-state index in [1.807, 2.05) is 42.5 Å². The predicted octanol–water partition coefficient (Wildman–Crippen LogP) is 5.49. The molecule has 0 heterocycles. The van der Waals surface area contributed by atoms with Gasteiger partial charge in [-0.15, -0.1) is 12.4 Å². The van der Waals surface area contributed by atoms with Crippen molar-refractivity contribution in [3.05, 3.63) is 63.6 Å². The Morgan fingerprint density at radius 1 is 1.00 bits per heavy atom. The van der Waals surface area contributed by atoms with Crippen molar-refractivity contribution >= 4 is 35.6 Å².